The van der Waals surface area contributed by atoms with Gasteiger partial charge in [0.15, 0.2) is 0 Å². The molecule has 0 aliphatic carbocycles. The molecule has 2 aromatic rings. The number of amides is 1. The number of benzene rings is 2. The number of thioether (sulfide) groups is 1. The van der Waals surface area contributed by atoms with Crippen LogP contribution in [0.4, 0.5) is 11.4 Å². The highest BCUT2D eigenvalue weighted by Gasteiger charge is 2.34. The second-order valence-electron chi connectivity index (χ2n) is 4.61. The van der Waals surface area contributed by atoms with Crippen molar-refractivity contribution in [1.82, 2.24) is 0 Å². The molecule has 1 atom stereocenters. The van der Waals surface area contributed by atoms with Crippen molar-refractivity contribution in [3.63, 3.8) is 0 Å². The van der Waals surface area contributed by atoms with Gasteiger partial charge in [-0.1, -0.05) is 30.3 Å². The molecular weight excluding hydrogens is 288 g/mol. The first-order valence-corrected chi connectivity index (χ1v) is 7.45. The number of nitrogens with zero attached hydrogens (tertiary/aromatic N) is 2. The number of rotatable bonds is 3. The Morgan fingerprint density at radius 2 is 1.90 bits per heavy atom. The second kappa shape index (κ2) is 5.57. The molecule has 1 fully saturated rings. The van der Waals surface area contributed by atoms with Crippen molar-refractivity contribution in [1.29, 1.82) is 0 Å². The van der Waals surface area contributed by atoms with E-state index in [1.807, 2.05) is 36.4 Å². The van der Waals surface area contributed by atoms with Crippen molar-refractivity contribution in [2.75, 3.05) is 10.7 Å². The summed E-state index contributed by atoms with van der Waals surface area (Å²) in [5.74, 6) is 0.394. The lowest BCUT2D eigenvalue weighted by Crippen LogP contribution is -2.27. The Labute approximate surface area is 125 Å². The fourth-order valence-electron chi connectivity index (χ4n) is 2.33. The number of carbonyl (C=O) groups excluding carboxylic acids is 1. The minimum atomic E-state index is -0.419. The van der Waals surface area contributed by atoms with E-state index < -0.39 is 4.92 Å². The summed E-state index contributed by atoms with van der Waals surface area (Å²) in [6.07, 6.45) is 0. The molecule has 2 aromatic carbocycles. The summed E-state index contributed by atoms with van der Waals surface area (Å²) < 4.78 is 0. The second-order valence-corrected chi connectivity index (χ2v) is 5.68. The zero-order valence-corrected chi connectivity index (χ0v) is 11.8. The number of hydrogen-bond donors (Lipinski definition) is 0. The first-order chi connectivity index (χ1) is 10.2. The molecule has 1 saturated heterocycles. The molecule has 0 radical (unpaired) electrons. The molecule has 106 valence electrons. The number of anilines is 1. The lowest BCUT2D eigenvalue weighted by molar-refractivity contribution is -0.384. The lowest BCUT2D eigenvalue weighted by atomic mass is 10.1. The molecule has 6 heteroatoms. The van der Waals surface area contributed by atoms with Crippen molar-refractivity contribution in [3.05, 3.63) is 70.3 Å². The van der Waals surface area contributed by atoms with Gasteiger partial charge in [0, 0.05) is 17.8 Å². The van der Waals surface area contributed by atoms with Gasteiger partial charge in [-0.15, -0.1) is 11.8 Å². The summed E-state index contributed by atoms with van der Waals surface area (Å²) in [5.41, 5.74) is 1.62. The van der Waals surface area contributed by atoms with Gasteiger partial charge >= 0.3 is 0 Å². The highest BCUT2D eigenvalue weighted by atomic mass is 32.2. The Balaban J connectivity index is 1.99. The van der Waals surface area contributed by atoms with Crippen molar-refractivity contribution in [2.24, 2.45) is 0 Å². The van der Waals surface area contributed by atoms with Crippen LogP contribution in [0.5, 0.6) is 0 Å². The molecule has 5 nitrogen and oxygen atoms in total. The van der Waals surface area contributed by atoms with Gasteiger partial charge in [-0.25, -0.2) is 0 Å². The van der Waals surface area contributed by atoms with Crippen molar-refractivity contribution >= 4 is 29.0 Å². The third-order valence-electron chi connectivity index (χ3n) is 3.27. The van der Waals surface area contributed by atoms with Gasteiger partial charge in [0.25, 0.3) is 5.69 Å². The Hall–Kier alpha value is -2.34. The molecule has 0 bridgehead atoms. The normalized spacial score (nSPS) is 18.0. The SMILES string of the molecule is O=C1CS[C@H](c2cccc([N+](=O)[O-])c2)N1c1ccccc1. The molecule has 1 amide bonds. The van der Waals surface area contributed by atoms with E-state index in [1.165, 1.54) is 23.9 Å². The highest BCUT2D eigenvalue weighted by molar-refractivity contribution is 8.00. The van der Waals surface area contributed by atoms with Crippen LogP contribution in [0.3, 0.4) is 0 Å². The maximum atomic E-state index is 12.1. The Morgan fingerprint density at radius 1 is 1.14 bits per heavy atom. The maximum Gasteiger partial charge on any atom is 0.269 e. The summed E-state index contributed by atoms with van der Waals surface area (Å²) in [5, 5.41) is 10.7. The fraction of sp³-hybridized carbons (Fsp3) is 0.133. The molecule has 1 heterocycles. The molecular formula is C15H12N2O3S. The molecule has 0 saturated carbocycles. The van der Waals surface area contributed by atoms with E-state index in [-0.39, 0.29) is 17.0 Å². The molecule has 0 spiro atoms. The van der Waals surface area contributed by atoms with Gasteiger partial charge in [-0.2, -0.15) is 0 Å². The van der Waals surface area contributed by atoms with E-state index in [2.05, 4.69) is 0 Å². The van der Waals surface area contributed by atoms with Crippen molar-refractivity contribution in [3.8, 4) is 0 Å². The number of hydrogen-bond acceptors (Lipinski definition) is 4. The minimum Gasteiger partial charge on any atom is -0.295 e. The average Bonchev–Trinajstić information content (AvgIpc) is 2.90. The average molecular weight is 300 g/mol. The van der Waals surface area contributed by atoms with E-state index in [0.717, 1.165) is 11.3 Å². The zero-order valence-electron chi connectivity index (χ0n) is 11.0. The van der Waals surface area contributed by atoms with Gasteiger partial charge < -0.3 is 0 Å². The van der Waals surface area contributed by atoms with Crippen LogP contribution in [0.1, 0.15) is 10.9 Å². The Kier molecular flexibility index (Phi) is 3.62. The molecule has 1 aliphatic rings. The van der Waals surface area contributed by atoms with E-state index in [0.29, 0.717) is 5.75 Å². The van der Waals surface area contributed by atoms with Gasteiger partial charge in [0.2, 0.25) is 5.91 Å². The van der Waals surface area contributed by atoms with Crippen LogP contribution in [0.2, 0.25) is 0 Å². The number of para-hydroxylation sites is 1. The number of nitro groups is 1. The highest BCUT2D eigenvalue weighted by Crippen LogP contribution is 2.42. The molecule has 3 rings (SSSR count). The molecule has 0 N–H and O–H groups in total. The lowest BCUT2D eigenvalue weighted by Gasteiger charge is -2.24. The van der Waals surface area contributed by atoms with E-state index in [1.54, 1.807) is 11.0 Å². The smallest absolute Gasteiger partial charge is 0.269 e. The third kappa shape index (κ3) is 2.62. The van der Waals surface area contributed by atoms with Gasteiger partial charge in [0.1, 0.15) is 5.37 Å². The summed E-state index contributed by atoms with van der Waals surface area (Å²) >= 11 is 1.48. The third-order valence-corrected chi connectivity index (χ3v) is 4.48. The van der Waals surface area contributed by atoms with Crippen LogP contribution in [-0.2, 0) is 4.79 Å². The van der Waals surface area contributed by atoms with Gasteiger partial charge in [-0.05, 0) is 17.7 Å². The van der Waals surface area contributed by atoms with Crippen molar-refractivity contribution < 1.29 is 9.72 Å². The predicted molar refractivity (Wildman–Crippen MR) is 82.2 cm³/mol. The van der Waals surface area contributed by atoms with E-state index in [4.69, 9.17) is 0 Å². The van der Waals surface area contributed by atoms with Crippen LogP contribution in [0.25, 0.3) is 0 Å². The largest absolute Gasteiger partial charge is 0.295 e. The molecule has 21 heavy (non-hydrogen) atoms. The quantitative estimate of drug-likeness (QED) is 0.644. The standard InChI is InChI=1S/C15H12N2O3S/c18-14-10-21-15(16(14)12-6-2-1-3-7-12)11-5-4-8-13(9-11)17(19)20/h1-9,15H,10H2/t15-/m1/s1. The van der Waals surface area contributed by atoms with Crippen LogP contribution >= 0.6 is 11.8 Å². The molecule has 0 aromatic heterocycles. The first-order valence-electron chi connectivity index (χ1n) is 6.40. The van der Waals surface area contributed by atoms with E-state index in [9.17, 15) is 14.9 Å². The summed E-state index contributed by atoms with van der Waals surface area (Å²) in [6, 6.07) is 15.8. The number of nitro benzene ring substituents is 1. The van der Waals surface area contributed by atoms with Crippen molar-refractivity contribution in [2.45, 2.75) is 5.37 Å². The molecule has 1 aliphatic heterocycles. The Bertz CT molecular complexity index is 690. The fourth-order valence-corrected chi connectivity index (χ4v) is 3.50. The van der Waals surface area contributed by atoms with E-state index >= 15 is 0 Å². The summed E-state index contributed by atoms with van der Waals surface area (Å²) in [7, 11) is 0. The number of carbonyl (C=O) groups is 1. The monoisotopic (exact) mass is 300 g/mol. The summed E-state index contributed by atoms with van der Waals surface area (Å²) in [6.45, 7) is 0. The first kappa shape index (κ1) is 13.6. The zero-order chi connectivity index (χ0) is 14.8. The summed E-state index contributed by atoms with van der Waals surface area (Å²) in [4.78, 5) is 24.3. The number of non-ortho nitro benzene ring substituents is 1. The molecule has 0 unspecified atom stereocenters. The van der Waals surface area contributed by atoms with Crippen LogP contribution < -0.4 is 4.90 Å². The minimum absolute atomic E-state index is 0.0164. The topological polar surface area (TPSA) is 63.4 Å². The van der Waals surface area contributed by atoms with Gasteiger partial charge in [-0.3, -0.25) is 19.8 Å². The van der Waals surface area contributed by atoms with Crippen LogP contribution in [0, 0.1) is 10.1 Å². The van der Waals surface area contributed by atoms with Gasteiger partial charge in [0.05, 0.1) is 10.7 Å². The predicted octanol–water partition coefficient (Wildman–Crippen LogP) is 3.37. The Morgan fingerprint density at radius 3 is 2.62 bits per heavy atom. The van der Waals surface area contributed by atoms with Crippen LogP contribution in [-0.4, -0.2) is 16.6 Å². The van der Waals surface area contributed by atoms with Crippen LogP contribution in [0.15, 0.2) is 54.6 Å². The maximum absolute atomic E-state index is 12.1.